The van der Waals surface area contributed by atoms with E-state index >= 15 is 0 Å². The van der Waals surface area contributed by atoms with Crippen molar-refractivity contribution in [2.24, 2.45) is 0 Å². The van der Waals surface area contributed by atoms with E-state index in [1.165, 1.54) is 0 Å². The number of benzene rings is 3. The Hall–Kier alpha value is -2.49. The molecule has 0 N–H and O–H groups in total. The second-order valence-electron chi connectivity index (χ2n) is 6.36. The fourth-order valence-electron chi connectivity index (χ4n) is 3.06. The van der Waals surface area contributed by atoms with Gasteiger partial charge in [0.25, 0.3) is 0 Å². The molecule has 0 aliphatic carbocycles. The zero-order valence-electron chi connectivity index (χ0n) is 15.6. The van der Waals surface area contributed by atoms with E-state index in [-0.39, 0.29) is 5.78 Å². The van der Waals surface area contributed by atoms with E-state index in [0.717, 1.165) is 16.9 Å². The van der Waals surface area contributed by atoms with Crippen LogP contribution in [0.2, 0.25) is 10.0 Å². The monoisotopic (exact) mass is 414 g/mol. The SMILES string of the molecule is COc1ccc(C(=O)C(Cc2ccc(Cl)cc2Cl)c2ccc(OC)cc2)cc1. The summed E-state index contributed by atoms with van der Waals surface area (Å²) in [5.74, 6) is 1.07. The van der Waals surface area contributed by atoms with Gasteiger partial charge < -0.3 is 9.47 Å². The van der Waals surface area contributed by atoms with E-state index in [9.17, 15) is 4.79 Å². The smallest absolute Gasteiger partial charge is 0.170 e. The molecule has 3 nitrogen and oxygen atoms in total. The van der Waals surface area contributed by atoms with Crippen LogP contribution >= 0.6 is 23.2 Å². The van der Waals surface area contributed by atoms with E-state index < -0.39 is 5.92 Å². The molecule has 0 amide bonds. The highest BCUT2D eigenvalue weighted by molar-refractivity contribution is 6.35. The van der Waals surface area contributed by atoms with Crippen LogP contribution < -0.4 is 9.47 Å². The number of halogens is 2. The highest BCUT2D eigenvalue weighted by Crippen LogP contribution is 2.31. The summed E-state index contributed by atoms with van der Waals surface area (Å²) in [4.78, 5) is 13.3. The average molecular weight is 415 g/mol. The predicted octanol–water partition coefficient (Wildman–Crippen LogP) is 6.22. The number of hydrogen-bond donors (Lipinski definition) is 0. The minimum atomic E-state index is -0.391. The molecule has 5 heteroatoms. The zero-order valence-corrected chi connectivity index (χ0v) is 17.1. The first-order chi connectivity index (χ1) is 13.5. The highest BCUT2D eigenvalue weighted by atomic mass is 35.5. The van der Waals surface area contributed by atoms with Crippen molar-refractivity contribution in [2.45, 2.75) is 12.3 Å². The Balaban J connectivity index is 1.97. The normalized spacial score (nSPS) is 11.7. The third-order valence-corrected chi connectivity index (χ3v) is 5.24. The van der Waals surface area contributed by atoms with Gasteiger partial charge in [0.2, 0.25) is 0 Å². The van der Waals surface area contributed by atoms with E-state index in [1.807, 2.05) is 30.3 Å². The number of carbonyl (C=O) groups excluding carboxylic acids is 1. The van der Waals surface area contributed by atoms with Crippen molar-refractivity contribution in [3.05, 3.63) is 93.5 Å². The van der Waals surface area contributed by atoms with Gasteiger partial charge >= 0.3 is 0 Å². The topological polar surface area (TPSA) is 35.5 Å². The van der Waals surface area contributed by atoms with Gasteiger partial charge in [-0.2, -0.15) is 0 Å². The quantitative estimate of drug-likeness (QED) is 0.430. The molecule has 0 heterocycles. The molecular weight excluding hydrogens is 395 g/mol. The Kier molecular flexibility index (Phi) is 6.61. The first-order valence-corrected chi connectivity index (χ1v) is 9.53. The Morgan fingerprint density at radius 2 is 1.43 bits per heavy atom. The van der Waals surface area contributed by atoms with Crippen molar-refractivity contribution in [3.63, 3.8) is 0 Å². The molecule has 0 fully saturated rings. The number of hydrogen-bond acceptors (Lipinski definition) is 3. The number of ether oxygens (including phenoxy) is 2. The summed E-state index contributed by atoms with van der Waals surface area (Å²) in [6.45, 7) is 0. The van der Waals surface area contributed by atoms with Gasteiger partial charge in [0, 0.05) is 15.6 Å². The molecule has 0 radical (unpaired) electrons. The molecule has 144 valence electrons. The van der Waals surface area contributed by atoms with Crippen LogP contribution in [0.1, 0.15) is 27.4 Å². The van der Waals surface area contributed by atoms with Crippen molar-refractivity contribution in [1.29, 1.82) is 0 Å². The molecule has 0 saturated carbocycles. The summed E-state index contributed by atoms with van der Waals surface area (Å²) < 4.78 is 10.4. The van der Waals surface area contributed by atoms with E-state index in [1.54, 1.807) is 50.6 Å². The number of carbonyl (C=O) groups is 1. The second-order valence-corrected chi connectivity index (χ2v) is 7.20. The summed E-state index contributed by atoms with van der Waals surface area (Å²) in [6.07, 6.45) is 0.465. The summed E-state index contributed by atoms with van der Waals surface area (Å²) in [5.41, 5.74) is 2.38. The maximum atomic E-state index is 13.3. The molecule has 3 aromatic carbocycles. The van der Waals surface area contributed by atoms with Crippen molar-refractivity contribution < 1.29 is 14.3 Å². The van der Waals surface area contributed by atoms with Gasteiger partial charge in [-0.15, -0.1) is 0 Å². The maximum absolute atomic E-state index is 13.3. The molecule has 0 saturated heterocycles. The lowest BCUT2D eigenvalue weighted by Crippen LogP contribution is -2.16. The molecule has 0 aliphatic rings. The molecule has 1 atom stereocenters. The van der Waals surface area contributed by atoms with Crippen LogP contribution in [0.3, 0.4) is 0 Å². The number of ketones is 1. The number of rotatable bonds is 7. The zero-order chi connectivity index (χ0) is 20.1. The van der Waals surface area contributed by atoms with Gasteiger partial charge in [-0.1, -0.05) is 41.4 Å². The molecule has 3 rings (SSSR count). The van der Waals surface area contributed by atoms with E-state index in [2.05, 4.69) is 0 Å². The molecule has 28 heavy (non-hydrogen) atoms. The highest BCUT2D eigenvalue weighted by Gasteiger charge is 2.24. The molecule has 3 aromatic rings. The lowest BCUT2D eigenvalue weighted by atomic mass is 9.85. The van der Waals surface area contributed by atoms with Crippen LogP contribution in [0.4, 0.5) is 0 Å². The molecule has 0 bridgehead atoms. The van der Waals surface area contributed by atoms with Crippen molar-refractivity contribution in [2.75, 3.05) is 14.2 Å². The Morgan fingerprint density at radius 1 is 0.857 bits per heavy atom. The molecular formula is C23H20Cl2O3. The third-order valence-electron chi connectivity index (χ3n) is 4.65. The predicted molar refractivity (Wildman–Crippen MR) is 113 cm³/mol. The minimum absolute atomic E-state index is 0.0128. The van der Waals surface area contributed by atoms with E-state index in [0.29, 0.717) is 27.8 Å². The number of methoxy groups -OCH3 is 2. The summed E-state index contributed by atoms with van der Waals surface area (Å²) in [6, 6.07) is 20.0. The average Bonchev–Trinajstić information content (AvgIpc) is 2.73. The second kappa shape index (κ2) is 9.13. The van der Waals surface area contributed by atoms with Crippen LogP contribution in [0, 0.1) is 0 Å². The first-order valence-electron chi connectivity index (χ1n) is 8.78. The van der Waals surface area contributed by atoms with Gasteiger partial charge in [0.15, 0.2) is 5.78 Å². The maximum Gasteiger partial charge on any atom is 0.170 e. The first kappa shape index (κ1) is 20.2. The van der Waals surface area contributed by atoms with Gasteiger partial charge in [0.1, 0.15) is 11.5 Å². The molecule has 1 unspecified atom stereocenters. The standard InChI is InChI=1S/C23H20Cl2O3/c1-27-19-9-4-15(5-10-19)21(13-17-3-8-18(24)14-22(17)25)23(26)16-6-11-20(28-2)12-7-16/h3-12,14,21H,13H2,1-2H3. The molecule has 0 aliphatic heterocycles. The van der Waals surface area contributed by atoms with Crippen LogP contribution in [-0.2, 0) is 6.42 Å². The van der Waals surface area contributed by atoms with Gasteiger partial charge in [-0.05, 0) is 66.1 Å². The Morgan fingerprint density at radius 3 is 1.96 bits per heavy atom. The Labute approximate surface area is 174 Å². The minimum Gasteiger partial charge on any atom is -0.497 e. The van der Waals surface area contributed by atoms with Crippen LogP contribution in [-0.4, -0.2) is 20.0 Å². The fraction of sp³-hybridized carbons (Fsp3) is 0.174. The van der Waals surface area contributed by atoms with Crippen LogP contribution in [0.15, 0.2) is 66.7 Å². The number of Topliss-reactive ketones (excluding diaryl/α,β-unsaturated/α-hetero) is 1. The lowest BCUT2D eigenvalue weighted by molar-refractivity contribution is 0.0959. The summed E-state index contributed by atoms with van der Waals surface area (Å²) >= 11 is 12.4. The van der Waals surface area contributed by atoms with Crippen LogP contribution in [0.25, 0.3) is 0 Å². The fourth-order valence-corrected chi connectivity index (χ4v) is 3.55. The molecule has 0 aromatic heterocycles. The van der Waals surface area contributed by atoms with Gasteiger partial charge in [0.05, 0.1) is 20.1 Å². The van der Waals surface area contributed by atoms with E-state index in [4.69, 9.17) is 32.7 Å². The molecule has 0 spiro atoms. The van der Waals surface area contributed by atoms with Crippen molar-refractivity contribution in [1.82, 2.24) is 0 Å². The largest absolute Gasteiger partial charge is 0.497 e. The lowest BCUT2D eigenvalue weighted by Gasteiger charge is -2.18. The third kappa shape index (κ3) is 4.67. The van der Waals surface area contributed by atoms with Gasteiger partial charge in [-0.25, -0.2) is 0 Å². The summed E-state index contributed by atoms with van der Waals surface area (Å²) in [5, 5.41) is 1.12. The van der Waals surface area contributed by atoms with Crippen molar-refractivity contribution >= 4 is 29.0 Å². The summed E-state index contributed by atoms with van der Waals surface area (Å²) in [7, 11) is 3.21. The Bertz CT molecular complexity index is 951. The van der Waals surface area contributed by atoms with Crippen LogP contribution in [0.5, 0.6) is 11.5 Å². The van der Waals surface area contributed by atoms with Gasteiger partial charge in [-0.3, -0.25) is 4.79 Å². The van der Waals surface area contributed by atoms with Crippen molar-refractivity contribution in [3.8, 4) is 11.5 Å².